The number of aromatic nitrogens is 1. The van der Waals surface area contributed by atoms with Crippen LogP contribution in [0.1, 0.15) is 39.5 Å². The van der Waals surface area contributed by atoms with Crippen LogP contribution < -0.4 is 4.90 Å². The highest BCUT2D eigenvalue weighted by Crippen LogP contribution is 2.26. The van der Waals surface area contributed by atoms with Crippen LogP contribution in [0.4, 0.5) is 5.13 Å². The number of thiazole rings is 1. The maximum Gasteiger partial charge on any atom is 0.185 e. The number of piperazine rings is 1. The highest BCUT2D eigenvalue weighted by Gasteiger charge is 2.26. The summed E-state index contributed by atoms with van der Waals surface area (Å²) in [6.07, 6.45) is -0.467. The Bertz CT molecular complexity index is 389. The van der Waals surface area contributed by atoms with Gasteiger partial charge in [-0.15, -0.1) is 11.3 Å². The molecule has 1 saturated heterocycles. The lowest BCUT2D eigenvalue weighted by Gasteiger charge is -2.42. The molecule has 0 aromatic carbocycles. The molecule has 1 aromatic rings. The molecule has 1 atom stereocenters. The molecule has 0 aliphatic carbocycles. The van der Waals surface area contributed by atoms with Crippen LogP contribution in [-0.4, -0.2) is 46.7 Å². The molecule has 1 fully saturated rings. The van der Waals surface area contributed by atoms with E-state index in [4.69, 9.17) is 0 Å². The summed E-state index contributed by atoms with van der Waals surface area (Å²) in [5.74, 6) is 0. The summed E-state index contributed by atoms with van der Waals surface area (Å²) in [5, 5.41) is 12.5. The van der Waals surface area contributed by atoms with Crippen LogP contribution >= 0.6 is 11.3 Å². The van der Waals surface area contributed by atoms with Gasteiger partial charge in [0.2, 0.25) is 0 Å². The van der Waals surface area contributed by atoms with E-state index >= 15 is 0 Å². The molecule has 0 amide bonds. The second kappa shape index (κ2) is 5.15. The first-order valence-electron chi connectivity index (χ1n) is 6.51. The van der Waals surface area contributed by atoms with Gasteiger partial charge in [0.25, 0.3) is 0 Å². The summed E-state index contributed by atoms with van der Waals surface area (Å²) in [4.78, 5) is 9.32. The normalized spacial score (nSPS) is 20.2. The highest BCUT2D eigenvalue weighted by atomic mass is 32.1. The van der Waals surface area contributed by atoms with Crippen LogP contribution in [0.15, 0.2) is 5.38 Å². The fraction of sp³-hybridized carbons (Fsp3) is 0.769. The van der Waals surface area contributed by atoms with Crippen LogP contribution in [0.2, 0.25) is 0 Å². The van der Waals surface area contributed by atoms with E-state index in [1.165, 1.54) is 0 Å². The molecule has 4 nitrogen and oxygen atoms in total. The Hall–Kier alpha value is -0.650. The van der Waals surface area contributed by atoms with E-state index < -0.39 is 6.10 Å². The van der Waals surface area contributed by atoms with E-state index in [0.717, 1.165) is 37.0 Å². The second-order valence-electron chi connectivity index (χ2n) is 5.88. The molecule has 0 radical (unpaired) electrons. The Morgan fingerprint density at radius 3 is 2.33 bits per heavy atom. The summed E-state index contributed by atoms with van der Waals surface area (Å²) < 4.78 is 0. The van der Waals surface area contributed by atoms with Crippen molar-refractivity contribution in [3.63, 3.8) is 0 Å². The van der Waals surface area contributed by atoms with Crippen LogP contribution in [0.3, 0.4) is 0 Å². The van der Waals surface area contributed by atoms with E-state index in [0.29, 0.717) is 0 Å². The van der Waals surface area contributed by atoms with Crippen molar-refractivity contribution in [2.45, 2.75) is 39.3 Å². The van der Waals surface area contributed by atoms with Gasteiger partial charge in [0.15, 0.2) is 5.13 Å². The average molecular weight is 269 g/mol. The van der Waals surface area contributed by atoms with Crippen LogP contribution in [-0.2, 0) is 0 Å². The maximum atomic E-state index is 9.50. The van der Waals surface area contributed by atoms with Crippen molar-refractivity contribution in [1.82, 2.24) is 9.88 Å². The largest absolute Gasteiger partial charge is 0.387 e. The van der Waals surface area contributed by atoms with E-state index in [1.54, 1.807) is 18.3 Å². The number of aliphatic hydroxyl groups excluding tert-OH is 1. The van der Waals surface area contributed by atoms with E-state index in [-0.39, 0.29) is 5.54 Å². The molecule has 0 bridgehead atoms. The van der Waals surface area contributed by atoms with Gasteiger partial charge in [0.05, 0.1) is 11.8 Å². The molecule has 5 heteroatoms. The Morgan fingerprint density at radius 1 is 1.28 bits per heavy atom. The SMILES string of the molecule is CC(O)c1csc(N2CCN(C(C)(C)C)CC2)n1. The van der Waals surface area contributed by atoms with Gasteiger partial charge in [0, 0.05) is 37.1 Å². The fourth-order valence-corrected chi connectivity index (χ4v) is 3.15. The summed E-state index contributed by atoms with van der Waals surface area (Å²) in [7, 11) is 0. The van der Waals surface area contributed by atoms with Gasteiger partial charge in [-0.2, -0.15) is 0 Å². The summed E-state index contributed by atoms with van der Waals surface area (Å²) in [6, 6.07) is 0. The summed E-state index contributed by atoms with van der Waals surface area (Å²) in [6.45, 7) is 12.7. The zero-order chi connectivity index (χ0) is 13.3. The van der Waals surface area contributed by atoms with Gasteiger partial charge in [-0.05, 0) is 27.7 Å². The molecule has 0 saturated carbocycles. The van der Waals surface area contributed by atoms with Gasteiger partial charge in [0.1, 0.15) is 0 Å². The maximum absolute atomic E-state index is 9.50. The molecule has 1 unspecified atom stereocenters. The van der Waals surface area contributed by atoms with Gasteiger partial charge in [-0.3, -0.25) is 4.90 Å². The number of hydrogen-bond donors (Lipinski definition) is 1. The van der Waals surface area contributed by atoms with Crippen LogP contribution in [0.25, 0.3) is 0 Å². The van der Waals surface area contributed by atoms with Crippen molar-refractivity contribution >= 4 is 16.5 Å². The van der Waals surface area contributed by atoms with Crippen molar-refractivity contribution in [1.29, 1.82) is 0 Å². The van der Waals surface area contributed by atoms with Gasteiger partial charge in [-0.25, -0.2) is 4.98 Å². The van der Waals surface area contributed by atoms with Crippen molar-refractivity contribution in [3.05, 3.63) is 11.1 Å². The third-order valence-electron chi connectivity index (χ3n) is 3.44. The molecule has 102 valence electrons. The van der Waals surface area contributed by atoms with Crippen molar-refractivity contribution in [2.75, 3.05) is 31.1 Å². The molecule has 1 aliphatic rings. The Labute approximate surface area is 113 Å². The molecule has 1 N–H and O–H groups in total. The molecular weight excluding hydrogens is 246 g/mol. The predicted octanol–water partition coefficient (Wildman–Crippen LogP) is 2.12. The minimum Gasteiger partial charge on any atom is -0.387 e. The van der Waals surface area contributed by atoms with E-state index in [1.807, 2.05) is 5.38 Å². The third-order valence-corrected chi connectivity index (χ3v) is 4.36. The monoisotopic (exact) mass is 269 g/mol. The quantitative estimate of drug-likeness (QED) is 0.892. The first-order chi connectivity index (χ1) is 8.38. The molecule has 0 spiro atoms. The summed E-state index contributed by atoms with van der Waals surface area (Å²) >= 11 is 1.63. The number of nitrogens with zero attached hydrogens (tertiary/aromatic N) is 3. The van der Waals surface area contributed by atoms with Gasteiger partial charge >= 0.3 is 0 Å². The number of hydrogen-bond acceptors (Lipinski definition) is 5. The Kier molecular flexibility index (Phi) is 3.94. The predicted molar refractivity (Wildman–Crippen MR) is 76.3 cm³/mol. The lowest BCUT2D eigenvalue weighted by molar-refractivity contribution is 0.128. The zero-order valence-corrected chi connectivity index (χ0v) is 12.5. The molecule has 1 aliphatic heterocycles. The van der Waals surface area contributed by atoms with Crippen molar-refractivity contribution < 1.29 is 5.11 Å². The molecule has 2 rings (SSSR count). The summed E-state index contributed by atoms with van der Waals surface area (Å²) in [5.41, 5.74) is 1.04. The zero-order valence-electron chi connectivity index (χ0n) is 11.7. The number of anilines is 1. The number of aliphatic hydroxyl groups is 1. The lowest BCUT2D eigenvalue weighted by Crippen LogP contribution is -2.53. The van der Waals surface area contributed by atoms with E-state index in [2.05, 4.69) is 35.6 Å². The molecular formula is C13H23N3OS. The first-order valence-corrected chi connectivity index (χ1v) is 7.39. The minimum atomic E-state index is -0.467. The Morgan fingerprint density at radius 2 is 1.89 bits per heavy atom. The van der Waals surface area contributed by atoms with E-state index in [9.17, 15) is 5.11 Å². The second-order valence-corrected chi connectivity index (χ2v) is 6.71. The fourth-order valence-electron chi connectivity index (χ4n) is 2.18. The lowest BCUT2D eigenvalue weighted by atomic mass is 10.1. The standard InChI is InChI=1S/C13H23N3OS/c1-10(17)11-9-18-12(14-11)15-5-7-16(8-6-15)13(2,3)4/h9-10,17H,5-8H2,1-4H3. The first kappa shape index (κ1) is 13.8. The average Bonchev–Trinajstić information content (AvgIpc) is 2.77. The van der Waals surface area contributed by atoms with Crippen molar-refractivity contribution in [3.8, 4) is 0 Å². The van der Waals surface area contributed by atoms with Crippen LogP contribution in [0.5, 0.6) is 0 Å². The molecule has 1 aromatic heterocycles. The molecule has 18 heavy (non-hydrogen) atoms. The molecule has 2 heterocycles. The Balaban J connectivity index is 1.97. The van der Waals surface area contributed by atoms with Gasteiger partial charge in [-0.1, -0.05) is 0 Å². The minimum absolute atomic E-state index is 0.250. The topological polar surface area (TPSA) is 39.6 Å². The van der Waals surface area contributed by atoms with Crippen molar-refractivity contribution in [2.24, 2.45) is 0 Å². The highest BCUT2D eigenvalue weighted by molar-refractivity contribution is 7.13. The number of rotatable bonds is 2. The third kappa shape index (κ3) is 3.02. The van der Waals surface area contributed by atoms with Crippen LogP contribution in [0, 0.1) is 0 Å². The smallest absolute Gasteiger partial charge is 0.185 e. The van der Waals surface area contributed by atoms with Gasteiger partial charge < -0.3 is 10.0 Å².